The summed E-state index contributed by atoms with van der Waals surface area (Å²) >= 11 is 0. The fraction of sp³-hybridized carbons (Fsp3) is 0.111. The molecule has 4 heteroatoms. The molecule has 0 radical (unpaired) electrons. The van der Waals surface area contributed by atoms with Crippen LogP contribution in [0.1, 0.15) is 33.1 Å². The number of nitrogens with one attached hydrogen (secondary N) is 1. The summed E-state index contributed by atoms with van der Waals surface area (Å²) in [6.45, 7) is 0. The summed E-state index contributed by atoms with van der Waals surface area (Å²) in [5.41, 5.74) is 3.23. The molecule has 0 fully saturated rings. The summed E-state index contributed by atoms with van der Waals surface area (Å²) < 4.78 is 0. The Labute approximate surface area is 128 Å². The first-order chi connectivity index (χ1) is 10.8. The molecule has 1 heterocycles. The monoisotopic (exact) mass is 292 g/mol. The van der Waals surface area contributed by atoms with Gasteiger partial charge in [0.1, 0.15) is 0 Å². The van der Waals surface area contributed by atoms with Crippen molar-refractivity contribution in [2.75, 3.05) is 0 Å². The number of carbonyl (C=O) groups is 1. The molecule has 1 aromatic heterocycles. The normalized spacial score (nSPS) is 12.0. The quantitative estimate of drug-likeness (QED) is 0.756. The number of hydrogen-bond acceptors (Lipinski definition) is 2. The number of imidazole rings is 1. The number of benzene rings is 2. The fourth-order valence-corrected chi connectivity index (χ4v) is 2.70. The molecule has 0 saturated heterocycles. The third-order valence-electron chi connectivity index (χ3n) is 3.75. The molecule has 0 amide bonds. The van der Waals surface area contributed by atoms with E-state index in [0.717, 1.165) is 16.8 Å². The highest BCUT2D eigenvalue weighted by atomic mass is 16.4. The zero-order valence-corrected chi connectivity index (χ0v) is 11.9. The Hall–Kier alpha value is -2.88. The molecule has 4 nitrogen and oxygen atoms in total. The van der Waals surface area contributed by atoms with Gasteiger partial charge in [0.15, 0.2) is 0 Å². The molecule has 0 aliphatic carbocycles. The number of nitrogens with zero attached hydrogens (tertiary/aromatic N) is 1. The Morgan fingerprint density at radius 3 is 2.50 bits per heavy atom. The Morgan fingerprint density at radius 2 is 1.82 bits per heavy atom. The molecule has 0 saturated carbocycles. The first-order valence-corrected chi connectivity index (χ1v) is 7.10. The van der Waals surface area contributed by atoms with Crippen LogP contribution >= 0.6 is 0 Å². The van der Waals surface area contributed by atoms with E-state index in [1.54, 1.807) is 24.7 Å². The van der Waals surface area contributed by atoms with E-state index >= 15 is 0 Å². The van der Waals surface area contributed by atoms with Crippen molar-refractivity contribution in [2.24, 2.45) is 0 Å². The smallest absolute Gasteiger partial charge is 0.335 e. The standard InChI is InChI=1S/C18H16N2O2/c21-18(22)16-9-5-4-8-15(16)17(10-14-11-19-12-20-14)13-6-2-1-3-7-13/h1-9,11-12,17H,10H2,(H,19,20)(H,21,22). The van der Waals surface area contributed by atoms with Crippen molar-refractivity contribution in [1.29, 1.82) is 0 Å². The number of carboxylic acids is 1. The Morgan fingerprint density at radius 1 is 1.09 bits per heavy atom. The lowest BCUT2D eigenvalue weighted by atomic mass is 9.85. The van der Waals surface area contributed by atoms with Gasteiger partial charge in [-0.05, 0) is 23.6 Å². The Balaban J connectivity index is 2.08. The van der Waals surface area contributed by atoms with Gasteiger partial charge in [-0.15, -0.1) is 0 Å². The molecule has 3 aromatic rings. The lowest BCUT2D eigenvalue weighted by molar-refractivity contribution is 0.0695. The number of aromatic carboxylic acids is 1. The van der Waals surface area contributed by atoms with E-state index < -0.39 is 5.97 Å². The first kappa shape index (κ1) is 14.1. The molecule has 3 rings (SSSR count). The van der Waals surface area contributed by atoms with E-state index in [0.29, 0.717) is 12.0 Å². The van der Waals surface area contributed by atoms with E-state index in [9.17, 15) is 9.90 Å². The van der Waals surface area contributed by atoms with E-state index in [1.165, 1.54) is 0 Å². The van der Waals surface area contributed by atoms with Crippen LogP contribution in [-0.2, 0) is 6.42 Å². The van der Waals surface area contributed by atoms with Gasteiger partial charge in [0.05, 0.1) is 11.9 Å². The zero-order valence-electron chi connectivity index (χ0n) is 11.9. The van der Waals surface area contributed by atoms with Crippen molar-refractivity contribution < 1.29 is 9.90 Å². The van der Waals surface area contributed by atoms with Gasteiger partial charge in [-0.1, -0.05) is 48.5 Å². The highest BCUT2D eigenvalue weighted by Crippen LogP contribution is 2.30. The average molecular weight is 292 g/mol. The highest BCUT2D eigenvalue weighted by molar-refractivity contribution is 5.89. The number of rotatable bonds is 5. The molecule has 1 unspecified atom stereocenters. The molecule has 0 aliphatic rings. The van der Waals surface area contributed by atoms with Crippen LogP contribution in [0.3, 0.4) is 0 Å². The minimum Gasteiger partial charge on any atom is -0.478 e. The van der Waals surface area contributed by atoms with Crippen LogP contribution in [0.4, 0.5) is 0 Å². The molecule has 0 spiro atoms. The van der Waals surface area contributed by atoms with Crippen LogP contribution in [0, 0.1) is 0 Å². The lowest BCUT2D eigenvalue weighted by Gasteiger charge is -2.19. The predicted molar refractivity (Wildman–Crippen MR) is 84.0 cm³/mol. The maximum atomic E-state index is 11.5. The van der Waals surface area contributed by atoms with Gasteiger partial charge in [0.2, 0.25) is 0 Å². The van der Waals surface area contributed by atoms with E-state index in [-0.39, 0.29) is 5.92 Å². The molecular formula is C18H16N2O2. The van der Waals surface area contributed by atoms with Gasteiger partial charge < -0.3 is 10.1 Å². The van der Waals surface area contributed by atoms with E-state index in [2.05, 4.69) is 9.97 Å². The lowest BCUT2D eigenvalue weighted by Crippen LogP contribution is -2.11. The third kappa shape index (κ3) is 2.91. The largest absolute Gasteiger partial charge is 0.478 e. The Kier molecular flexibility index (Phi) is 4.01. The van der Waals surface area contributed by atoms with Gasteiger partial charge in [0, 0.05) is 17.8 Å². The van der Waals surface area contributed by atoms with Crippen LogP contribution in [0.15, 0.2) is 67.1 Å². The molecular weight excluding hydrogens is 276 g/mol. The van der Waals surface area contributed by atoms with Gasteiger partial charge in [-0.25, -0.2) is 9.78 Å². The van der Waals surface area contributed by atoms with Crippen molar-refractivity contribution in [1.82, 2.24) is 9.97 Å². The van der Waals surface area contributed by atoms with E-state index in [1.807, 2.05) is 42.5 Å². The van der Waals surface area contributed by atoms with Crippen LogP contribution in [-0.4, -0.2) is 21.0 Å². The van der Waals surface area contributed by atoms with Crippen molar-refractivity contribution in [3.05, 3.63) is 89.5 Å². The van der Waals surface area contributed by atoms with Gasteiger partial charge >= 0.3 is 5.97 Å². The van der Waals surface area contributed by atoms with Crippen LogP contribution in [0.25, 0.3) is 0 Å². The Bertz CT molecular complexity index is 752. The SMILES string of the molecule is O=C(O)c1ccccc1C(Cc1cnc[nH]1)c1ccccc1. The second-order valence-corrected chi connectivity index (χ2v) is 5.14. The molecule has 2 aromatic carbocycles. The fourth-order valence-electron chi connectivity index (χ4n) is 2.70. The van der Waals surface area contributed by atoms with Gasteiger partial charge in [-0.3, -0.25) is 0 Å². The second kappa shape index (κ2) is 6.26. The van der Waals surface area contributed by atoms with E-state index in [4.69, 9.17) is 0 Å². The maximum Gasteiger partial charge on any atom is 0.335 e. The summed E-state index contributed by atoms with van der Waals surface area (Å²) in [7, 11) is 0. The third-order valence-corrected chi connectivity index (χ3v) is 3.75. The number of hydrogen-bond donors (Lipinski definition) is 2. The number of aromatic amines is 1. The topological polar surface area (TPSA) is 66.0 Å². The summed E-state index contributed by atoms with van der Waals surface area (Å²) in [6, 6.07) is 17.1. The summed E-state index contributed by atoms with van der Waals surface area (Å²) in [4.78, 5) is 18.7. The highest BCUT2D eigenvalue weighted by Gasteiger charge is 2.21. The summed E-state index contributed by atoms with van der Waals surface area (Å²) in [5.74, 6) is -0.935. The minimum absolute atomic E-state index is 0.0334. The molecule has 0 bridgehead atoms. The van der Waals surface area contributed by atoms with Crippen molar-refractivity contribution in [3.63, 3.8) is 0 Å². The summed E-state index contributed by atoms with van der Waals surface area (Å²) in [5, 5.41) is 9.47. The first-order valence-electron chi connectivity index (χ1n) is 7.10. The van der Waals surface area contributed by atoms with Crippen molar-refractivity contribution >= 4 is 5.97 Å². The number of carboxylic acid groups (broad SMARTS) is 1. The van der Waals surface area contributed by atoms with Crippen LogP contribution < -0.4 is 0 Å². The van der Waals surface area contributed by atoms with Gasteiger partial charge in [0.25, 0.3) is 0 Å². The minimum atomic E-state index is -0.902. The summed E-state index contributed by atoms with van der Waals surface area (Å²) in [6.07, 6.45) is 4.09. The van der Waals surface area contributed by atoms with Crippen molar-refractivity contribution in [3.8, 4) is 0 Å². The molecule has 2 N–H and O–H groups in total. The maximum absolute atomic E-state index is 11.5. The molecule has 0 aliphatic heterocycles. The number of H-pyrrole nitrogens is 1. The zero-order chi connectivity index (χ0) is 15.4. The van der Waals surface area contributed by atoms with Crippen LogP contribution in [0.2, 0.25) is 0 Å². The molecule has 22 heavy (non-hydrogen) atoms. The van der Waals surface area contributed by atoms with Gasteiger partial charge in [-0.2, -0.15) is 0 Å². The van der Waals surface area contributed by atoms with Crippen molar-refractivity contribution in [2.45, 2.75) is 12.3 Å². The van der Waals surface area contributed by atoms with Crippen LogP contribution in [0.5, 0.6) is 0 Å². The molecule has 110 valence electrons. The predicted octanol–water partition coefficient (Wildman–Crippen LogP) is 3.48. The number of aromatic nitrogens is 2. The molecule has 1 atom stereocenters. The second-order valence-electron chi connectivity index (χ2n) is 5.14. The average Bonchev–Trinajstić information content (AvgIpc) is 3.06.